The molecule has 0 spiro atoms. The Kier molecular flexibility index (Phi) is 9.73. The van der Waals surface area contributed by atoms with Gasteiger partial charge in [-0.1, -0.05) is 54.4 Å². The first-order valence-corrected chi connectivity index (χ1v) is 14.7. The van der Waals surface area contributed by atoms with Crippen molar-refractivity contribution in [3.05, 3.63) is 95.3 Å². The summed E-state index contributed by atoms with van der Waals surface area (Å²) in [6.07, 6.45) is 0.320. The number of halogens is 1. The fourth-order valence-corrected chi connectivity index (χ4v) is 5.77. The number of anilines is 1. The lowest BCUT2D eigenvalue weighted by Gasteiger charge is -2.34. The van der Waals surface area contributed by atoms with Crippen LogP contribution in [0.2, 0.25) is 0 Å². The van der Waals surface area contributed by atoms with Gasteiger partial charge in [-0.3, -0.25) is 13.9 Å². The van der Waals surface area contributed by atoms with Gasteiger partial charge in [0.1, 0.15) is 18.4 Å². The summed E-state index contributed by atoms with van der Waals surface area (Å²) in [7, 11) is -4.21. The molecule has 0 unspecified atom stereocenters. The predicted molar refractivity (Wildman–Crippen MR) is 156 cm³/mol. The van der Waals surface area contributed by atoms with Crippen molar-refractivity contribution in [1.29, 1.82) is 0 Å². The number of nitrogens with one attached hydrogen (secondary N) is 1. The molecule has 0 radical (unpaired) electrons. The maximum Gasteiger partial charge on any atom is 0.264 e. The minimum atomic E-state index is -4.21. The standard InChI is InChI=1S/C31H38FN3O4S/c1-7-28(30(37)33-31(4,5)6)34(20-24-10-8-9-23(3)19-24)29(36)21-35(26-15-13-25(32)14-16-26)40(38,39)27-17-11-22(2)12-18-27/h8-19,28H,7,20-21H2,1-6H3,(H,33,37)/t28-/m0/s1. The highest BCUT2D eigenvalue weighted by Gasteiger charge is 2.34. The summed E-state index contributed by atoms with van der Waals surface area (Å²) in [6.45, 7) is 10.7. The monoisotopic (exact) mass is 567 g/mol. The van der Waals surface area contributed by atoms with Gasteiger partial charge in [0.2, 0.25) is 11.8 Å². The van der Waals surface area contributed by atoms with Crippen molar-refractivity contribution in [3.8, 4) is 0 Å². The molecule has 214 valence electrons. The summed E-state index contributed by atoms with van der Waals surface area (Å²) >= 11 is 0. The molecule has 1 N–H and O–H groups in total. The summed E-state index contributed by atoms with van der Waals surface area (Å²) in [5.41, 5.74) is 2.29. The Hall–Kier alpha value is -3.72. The molecule has 1 atom stereocenters. The Morgan fingerprint density at radius 2 is 1.55 bits per heavy atom. The van der Waals surface area contributed by atoms with Crippen LogP contribution in [-0.4, -0.2) is 43.3 Å². The van der Waals surface area contributed by atoms with E-state index in [2.05, 4.69) is 5.32 Å². The summed E-state index contributed by atoms with van der Waals surface area (Å²) in [5, 5.41) is 2.95. The van der Waals surface area contributed by atoms with Crippen LogP contribution >= 0.6 is 0 Å². The second-order valence-electron chi connectivity index (χ2n) is 11.0. The van der Waals surface area contributed by atoms with E-state index in [4.69, 9.17) is 0 Å². The van der Waals surface area contributed by atoms with E-state index in [1.807, 2.05) is 65.8 Å². The Bertz CT molecular complexity index is 1430. The molecular weight excluding hydrogens is 529 g/mol. The first-order chi connectivity index (χ1) is 18.7. The molecule has 2 amide bonds. The molecule has 40 heavy (non-hydrogen) atoms. The van der Waals surface area contributed by atoms with Gasteiger partial charge in [-0.2, -0.15) is 0 Å². The van der Waals surface area contributed by atoms with Crippen LogP contribution in [0.3, 0.4) is 0 Å². The smallest absolute Gasteiger partial charge is 0.264 e. The van der Waals surface area contributed by atoms with Crippen LogP contribution in [0.1, 0.15) is 50.8 Å². The van der Waals surface area contributed by atoms with Crippen LogP contribution in [-0.2, 0) is 26.2 Å². The normalized spacial score (nSPS) is 12.5. The summed E-state index contributed by atoms with van der Waals surface area (Å²) in [5.74, 6) is -1.42. The van der Waals surface area contributed by atoms with Crippen LogP contribution in [0, 0.1) is 19.7 Å². The molecule has 0 aliphatic carbocycles. The number of sulfonamides is 1. The van der Waals surface area contributed by atoms with Gasteiger partial charge in [0, 0.05) is 12.1 Å². The fraction of sp³-hybridized carbons (Fsp3) is 0.355. The summed E-state index contributed by atoms with van der Waals surface area (Å²) in [6, 6.07) is 18.0. The first kappa shape index (κ1) is 30.8. The second-order valence-corrected chi connectivity index (χ2v) is 12.8. The van der Waals surface area contributed by atoms with Crippen LogP contribution in [0.5, 0.6) is 0 Å². The van der Waals surface area contributed by atoms with Gasteiger partial charge < -0.3 is 10.2 Å². The van der Waals surface area contributed by atoms with Crippen molar-refractivity contribution in [3.63, 3.8) is 0 Å². The Morgan fingerprint density at radius 1 is 0.925 bits per heavy atom. The molecule has 0 aliphatic heterocycles. The van der Waals surface area contributed by atoms with Gasteiger partial charge in [-0.15, -0.1) is 0 Å². The van der Waals surface area contributed by atoms with Gasteiger partial charge in [0.15, 0.2) is 0 Å². The molecule has 0 saturated heterocycles. The maximum absolute atomic E-state index is 14.1. The number of hydrogen-bond acceptors (Lipinski definition) is 4. The van der Waals surface area contributed by atoms with Gasteiger partial charge in [-0.05, 0) is 83.0 Å². The number of carbonyl (C=O) groups excluding carboxylic acids is 2. The van der Waals surface area contributed by atoms with Crippen LogP contribution in [0.4, 0.5) is 10.1 Å². The van der Waals surface area contributed by atoms with Crippen LogP contribution < -0.4 is 9.62 Å². The van der Waals surface area contributed by atoms with Crippen molar-refractivity contribution in [2.75, 3.05) is 10.8 Å². The number of nitrogens with zero attached hydrogens (tertiary/aromatic N) is 2. The quantitative estimate of drug-likeness (QED) is 0.357. The van der Waals surface area contributed by atoms with E-state index in [9.17, 15) is 22.4 Å². The lowest BCUT2D eigenvalue weighted by Crippen LogP contribution is -2.55. The van der Waals surface area contributed by atoms with Crippen molar-refractivity contribution in [1.82, 2.24) is 10.2 Å². The van der Waals surface area contributed by atoms with Gasteiger partial charge in [0.05, 0.1) is 10.6 Å². The Labute approximate surface area is 237 Å². The number of amides is 2. The van der Waals surface area contributed by atoms with E-state index in [-0.39, 0.29) is 23.0 Å². The summed E-state index contributed by atoms with van der Waals surface area (Å²) < 4.78 is 42.4. The SMILES string of the molecule is CC[C@@H](C(=O)NC(C)(C)C)N(Cc1cccc(C)c1)C(=O)CN(c1ccc(F)cc1)S(=O)(=O)c1ccc(C)cc1. The van der Waals surface area contributed by atoms with Gasteiger partial charge in [0.25, 0.3) is 10.0 Å². The average molecular weight is 568 g/mol. The average Bonchev–Trinajstić information content (AvgIpc) is 2.87. The molecule has 7 nitrogen and oxygen atoms in total. The Balaban J connectivity index is 2.07. The number of rotatable bonds is 10. The topological polar surface area (TPSA) is 86.8 Å². The lowest BCUT2D eigenvalue weighted by atomic mass is 10.0. The zero-order valence-electron chi connectivity index (χ0n) is 23.9. The number of carbonyl (C=O) groups is 2. The zero-order chi connectivity index (χ0) is 29.7. The number of aryl methyl sites for hydroxylation is 2. The molecule has 3 aromatic rings. The van der Waals surface area contributed by atoms with Crippen molar-refractivity contribution in [2.24, 2.45) is 0 Å². The van der Waals surface area contributed by atoms with E-state index in [0.717, 1.165) is 33.1 Å². The molecule has 0 fully saturated rings. The van der Waals surface area contributed by atoms with Gasteiger partial charge in [-0.25, -0.2) is 12.8 Å². The van der Waals surface area contributed by atoms with Crippen LogP contribution in [0.15, 0.2) is 77.7 Å². The number of hydrogen-bond donors (Lipinski definition) is 1. The molecule has 0 heterocycles. The second kappa shape index (κ2) is 12.6. The molecular formula is C31H38FN3O4S. The molecule has 3 aromatic carbocycles. The molecule has 0 bridgehead atoms. The van der Waals surface area contributed by atoms with Crippen LogP contribution in [0.25, 0.3) is 0 Å². The highest BCUT2D eigenvalue weighted by molar-refractivity contribution is 7.92. The van der Waals surface area contributed by atoms with Crippen molar-refractivity contribution in [2.45, 2.75) is 71.0 Å². The molecule has 3 rings (SSSR count). The highest BCUT2D eigenvalue weighted by Crippen LogP contribution is 2.25. The number of benzene rings is 3. The molecule has 0 saturated carbocycles. The third kappa shape index (κ3) is 7.91. The van der Waals surface area contributed by atoms with E-state index in [0.29, 0.717) is 6.42 Å². The predicted octanol–water partition coefficient (Wildman–Crippen LogP) is 5.36. The van der Waals surface area contributed by atoms with Gasteiger partial charge >= 0.3 is 0 Å². The highest BCUT2D eigenvalue weighted by atomic mass is 32.2. The zero-order valence-corrected chi connectivity index (χ0v) is 24.8. The molecule has 0 aliphatic rings. The minimum absolute atomic E-state index is 0.00187. The van der Waals surface area contributed by atoms with E-state index in [1.165, 1.54) is 29.2 Å². The fourth-order valence-electron chi connectivity index (χ4n) is 4.35. The third-order valence-electron chi connectivity index (χ3n) is 6.32. The third-order valence-corrected chi connectivity index (χ3v) is 8.11. The first-order valence-electron chi connectivity index (χ1n) is 13.2. The van der Waals surface area contributed by atoms with Crippen molar-refractivity contribution >= 4 is 27.5 Å². The molecule has 9 heteroatoms. The van der Waals surface area contributed by atoms with E-state index >= 15 is 0 Å². The molecule has 0 aromatic heterocycles. The lowest BCUT2D eigenvalue weighted by molar-refractivity contribution is -0.141. The van der Waals surface area contributed by atoms with E-state index < -0.39 is 39.9 Å². The van der Waals surface area contributed by atoms with E-state index in [1.54, 1.807) is 12.1 Å². The maximum atomic E-state index is 14.1. The summed E-state index contributed by atoms with van der Waals surface area (Å²) in [4.78, 5) is 28.8. The Morgan fingerprint density at radius 3 is 2.10 bits per heavy atom. The minimum Gasteiger partial charge on any atom is -0.350 e. The largest absolute Gasteiger partial charge is 0.350 e. The van der Waals surface area contributed by atoms with Crippen molar-refractivity contribution < 1.29 is 22.4 Å².